The minimum absolute atomic E-state index is 0.116. The highest BCUT2D eigenvalue weighted by atomic mass is 32.1. The summed E-state index contributed by atoms with van der Waals surface area (Å²) >= 11 is 1.54. The quantitative estimate of drug-likeness (QED) is 0.348. The molecule has 10 heteroatoms. The van der Waals surface area contributed by atoms with Crippen LogP contribution in [-0.4, -0.2) is 50.6 Å². The van der Waals surface area contributed by atoms with E-state index in [9.17, 15) is 14.5 Å². The Balaban J connectivity index is 1.21. The maximum absolute atomic E-state index is 13.1. The van der Waals surface area contributed by atoms with E-state index in [4.69, 9.17) is 0 Å². The highest BCUT2D eigenvalue weighted by molar-refractivity contribution is 7.20. The van der Waals surface area contributed by atoms with Crippen LogP contribution in [0.1, 0.15) is 5.56 Å². The third kappa shape index (κ3) is 4.12. The second kappa shape index (κ2) is 8.05. The van der Waals surface area contributed by atoms with Crippen LogP contribution in [0.5, 0.6) is 0 Å². The molecule has 0 radical (unpaired) electrons. The molecule has 0 amide bonds. The van der Waals surface area contributed by atoms with Crippen LogP contribution in [0.25, 0.3) is 16.2 Å². The molecule has 8 nitrogen and oxygen atoms in total. The number of aromatic nitrogens is 3. The van der Waals surface area contributed by atoms with Crippen molar-refractivity contribution in [1.82, 2.24) is 19.5 Å². The predicted octanol–water partition coefficient (Wildman–Crippen LogP) is 3.83. The van der Waals surface area contributed by atoms with E-state index in [2.05, 4.69) is 19.9 Å². The maximum Gasteiger partial charge on any atom is 0.269 e. The molecule has 0 spiro atoms. The van der Waals surface area contributed by atoms with Crippen molar-refractivity contribution < 1.29 is 9.31 Å². The van der Waals surface area contributed by atoms with Gasteiger partial charge >= 0.3 is 0 Å². The summed E-state index contributed by atoms with van der Waals surface area (Å²) in [6.07, 6.45) is 1.87. The second-order valence-electron chi connectivity index (χ2n) is 7.43. The average Bonchev–Trinajstić information content (AvgIpc) is 3.35. The summed E-state index contributed by atoms with van der Waals surface area (Å²) in [5.74, 6) is -0.266. The van der Waals surface area contributed by atoms with Gasteiger partial charge in [-0.3, -0.25) is 15.0 Å². The molecule has 2 aromatic heterocycles. The normalized spacial score (nSPS) is 14.9. The zero-order valence-corrected chi connectivity index (χ0v) is 17.3. The second-order valence-corrected chi connectivity index (χ2v) is 8.37. The number of nitrogens with zero attached hydrogens (tertiary/aromatic N) is 6. The SMILES string of the molecule is O=[N+]([O-])c1ccc(CN2CCN(c3nn4cc(-c5ccc(F)cc5)nc4s3)CC2)cc1. The van der Waals surface area contributed by atoms with Crippen molar-refractivity contribution in [3.63, 3.8) is 0 Å². The van der Waals surface area contributed by atoms with E-state index >= 15 is 0 Å². The molecule has 0 unspecified atom stereocenters. The Morgan fingerprint density at radius 2 is 1.74 bits per heavy atom. The molecule has 0 bridgehead atoms. The lowest BCUT2D eigenvalue weighted by Gasteiger charge is -2.34. The molecule has 4 aromatic rings. The lowest BCUT2D eigenvalue weighted by molar-refractivity contribution is -0.384. The number of nitro groups is 1. The molecular weight excluding hydrogens is 419 g/mol. The summed E-state index contributed by atoms with van der Waals surface area (Å²) in [5.41, 5.74) is 2.82. The van der Waals surface area contributed by atoms with E-state index in [0.717, 1.165) is 59.6 Å². The van der Waals surface area contributed by atoms with Gasteiger partial charge in [0.2, 0.25) is 10.1 Å². The predicted molar refractivity (Wildman–Crippen MR) is 117 cm³/mol. The number of fused-ring (bicyclic) bond motifs is 1. The number of anilines is 1. The average molecular weight is 438 g/mol. The molecular formula is C21H19FN6O2S. The van der Waals surface area contributed by atoms with Gasteiger partial charge in [0.05, 0.1) is 16.8 Å². The molecule has 3 heterocycles. The lowest BCUT2D eigenvalue weighted by atomic mass is 10.2. The summed E-state index contributed by atoms with van der Waals surface area (Å²) in [5, 5.41) is 16.4. The molecule has 2 aromatic carbocycles. The summed E-state index contributed by atoms with van der Waals surface area (Å²) in [6.45, 7) is 4.26. The Morgan fingerprint density at radius 1 is 1.03 bits per heavy atom. The van der Waals surface area contributed by atoms with Crippen LogP contribution in [0.4, 0.5) is 15.2 Å². The van der Waals surface area contributed by atoms with Gasteiger partial charge in [0.15, 0.2) is 0 Å². The first-order valence-corrected chi connectivity index (χ1v) is 10.7. The van der Waals surface area contributed by atoms with Gasteiger partial charge in [0, 0.05) is 50.4 Å². The fourth-order valence-electron chi connectivity index (χ4n) is 3.66. The summed E-state index contributed by atoms with van der Waals surface area (Å²) in [7, 11) is 0. The lowest BCUT2D eigenvalue weighted by Crippen LogP contribution is -2.46. The van der Waals surface area contributed by atoms with Crippen molar-refractivity contribution in [2.75, 3.05) is 31.1 Å². The van der Waals surface area contributed by atoms with Crippen LogP contribution < -0.4 is 4.90 Å². The van der Waals surface area contributed by atoms with E-state index in [1.165, 1.54) is 12.1 Å². The Bertz CT molecular complexity index is 1180. The number of halogens is 1. The van der Waals surface area contributed by atoms with Gasteiger partial charge < -0.3 is 4.90 Å². The smallest absolute Gasteiger partial charge is 0.269 e. The minimum atomic E-state index is -0.379. The maximum atomic E-state index is 13.1. The van der Waals surface area contributed by atoms with E-state index < -0.39 is 0 Å². The van der Waals surface area contributed by atoms with Crippen LogP contribution in [0.3, 0.4) is 0 Å². The van der Waals surface area contributed by atoms with E-state index in [0.29, 0.717) is 0 Å². The van der Waals surface area contributed by atoms with Crippen molar-refractivity contribution in [2.24, 2.45) is 0 Å². The number of imidazole rings is 1. The van der Waals surface area contributed by atoms with E-state index in [-0.39, 0.29) is 16.4 Å². The van der Waals surface area contributed by atoms with Gasteiger partial charge in [-0.05, 0) is 29.8 Å². The highest BCUT2D eigenvalue weighted by Crippen LogP contribution is 2.27. The first-order chi connectivity index (χ1) is 15.0. The van der Waals surface area contributed by atoms with Crippen molar-refractivity contribution in [1.29, 1.82) is 0 Å². The Labute approximate surface area is 181 Å². The molecule has 1 aliphatic heterocycles. The van der Waals surface area contributed by atoms with Crippen LogP contribution in [0, 0.1) is 15.9 Å². The van der Waals surface area contributed by atoms with Gasteiger partial charge in [-0.25, -0.2) is 13.9 Å². The van der Waals surface area contributed by atoms with Gasteiger partial charge in [-0.2, -0.15) is 0 Å². The zero-order chi connectivity index (χ0) is 21.4. The molecule has 0 aliphatic carbocycles. The van der Waals surface area contributed by atoms with Crippen LogP contribution in [0.15, 0.2) is 54.7 Å². The number of non-ortho nitro benzene ring substituents is 1. The van der Waals surface area contributed by atoms with Gasteiger partial charge in [0.1, 0.15) is 5.82 Å². The van der Waals surface area contributed by atoms with Gasteiger partial charge in [0.25, 0.3) is 5.69 Å². The number of hydrogen-bond acceptors (Lipinski definition) is 7. The summed E-state index contributed by atoms with van der Waals surface area (Å²) < 4.78 is 14.9. The minimum Gasteiger partial charge on any atom is -0.344 e. The summed E-state index contributed by atoms with van der Waals surface area (Å²) in [4.78, 5) is 20.4. The van der Waals surface area contributed by atoms with Crippen molar-refractivity contribution in [3.8, 4) is 11.3 Å². The molecule has 5 rings (SSSR count). The zero-order valence-electron chi connectivity index (χ0n) is 16.5. The first kappa shape index (κ1) is 19.6. The summed E-state index contributed by atoms with van der Waals surface area (Å²) in [6, 6.07) is 13.0. The van der Waals surface area contributed by atoms with Crippen molar-refractivity contribution >= 4 is 27.1 Å². The first-order valence-electron chi connectivity index (χ1n) is 9.88. The van der Waals surface area contributed by atoms with Crippen molar-refractivity contribution in [3.05, 3.63) is 76.2 Å². The molecule has 1 saturated heterocycles. The third-order valence-corrected chi connectivity index (χ3v) is 6.35. The molecule has 0 atom stereocenters. The molecule has 31 heavy (non-hydrogen) atoms. The monoisotopic (exact) mass is 438 g/mol. The van der Waals surface area contributed by atoms with Gasteiger partial charge in [-0.1, -0.05) is 23.5 Å². The fraction of sp³-hybridized carbons (Fsp3) is 0.238. The Morgan fingerprint density at radius 3 is 2.39 bits per heavy atom. The van der Waals surface area contributed by atoms with E-state index in [1.807, 2.05) is 18.3 Å². The number of rotatable bonds is 5. The molecule has 1 aliphatic rings. The van der Waals surface area contributed by atoms with Crippen LogP contribution >= 0.6 is 11.3 Å². The molecule has 0 N–H and O–H groups in total. The molecule has 158 valence electrons. The fourth-order valence-corrected chi connectivity index (χ4v) is 4.59. The molecule has 1 fully saturated rings. The van der Waals surface area contributed by atoms with Gasteiger partial charge in [-0.15, -0.1) is 5.10 Å². The Kier molecular flexibility index (Phi) is 5.08. The number of benzene rings is 2. The third-order valence-electron chi connectivity index (χ3n) is 5.37. The number of hydrogen-bond donors (Lipinski definition) is 0. The standard InChI is InChI=1S/C21H19FN6O2S/c22-17-5-3-16(4-6-17)19-14-27-20(23-19)31-21(24-27)26-11-9-25(10-12-26)13-15-1-7-18(8-2-15)28(29)30/h1-8,14H,9-13H2. The topological polar surface area (TPSA) is 79.8 Å². The molecule has 0 saturated carbocycles. The largest absolute Gasteiger partial charge is 0.344 e. The van der Waals surface area contributed by atoms with E-state index in [1.54, 1.807) is 40.1 Å². The Hall–Kier alpha value is -3.37. The highest BCUT2D eigenvalue weighted by Gasteiger charge is 2.21. The van der Waals surface area contributed by atoms with Crippen LogP contribution in [0.2, 0.25) is 0 Å². The van der Waals surface area contributed by atoms with Crippen molar-refractivity contribution in [2.45, 2.75) is 6.54 Å². The van der Waals surface area contributed by atoms with Crippen LogP contribution in [-0.2, 0) is 6.54 Å². The number of nitro benzene ring substituents is 1. The number of piperazine rings is 1.